The second-order valence-corrected chi connectivity index (χ2v) is 5.04. The molecule has 0 aliphatic heterocycles. The highest BCUT2D eigenvalue weighted by Gasteiger charge is 2.14. The number of halogens is 2. The normalized spacial score (nSPS) is 10.4. The number of amides is 1. The van der Waals surface area contributed by atoms with Crippen molar-refractivity contribution in [3.8, 4) is 0 Å². The summed E-state index contributed by atoms with van der Waals surface area (Å²) in [4.78, 5) is 12.1. The lowest BCUT2D eigenvalue weighted by atomic mass is 10.1. The van der Waals surface area contributed by atoms with Crippen LogP contribution in [0, 0.1) is 19.7 Å². The van der Waals surface area contributed by atoms with Crippen LogP contribution in [0.25, 0.3) is 0 Å². The van der Waals surface area contributed by atoms with E-state index in [2.05, 4.69) is 5.32 Å². The molecule has 0 bridgehead atoms. The quantitative estimate of drug-likeness (QED) is 0.824. The van der Waals surface area contributed by atoms with Gasteiger partial charge in [0.15, 0.2) is 0 Å². The first kappa shape index (κ1) is 14.3. The summed E-state index contributed by atoms with van der Waals surface area (Å²) in [5.41, 5.74) is 8.61. The fourth-order valence-corrected chi connectivity index (χ4v) is 2.04. The second kappa shape index (κ2) is 5.51. The minimum Gasteiger partial charge on any atom is -0.398 e. The van der Waals surface area contributed by atoms with E-state index in [1.54, 1.807) is 6.07 Å². The SMILES string of the molecule is Cc1cc(C)c(NC(=O)c2cc(Cl)ccc2F)cc1N. The minimum atomic E-state index is -0.621. The van der Waals surface area contributed by atoms with E-state index in [1.807, 2.05) is 19.9 Å². The van der Waals surface area contributed by atoms with Crippen molar-refractivity contribution in [1.29, 1.82) is 0 Å². The first-order valence-corrected chi connectivity index (χ1v) is 6.39. The van der Waals surface area contributed by atoms with Gasteiger partial charge in [0.25, 0.3) is 5.91 Å². The van der Waals surface area contributed by atoms with Crippen molar-refractivity contribution >= 4 is 28.9 Å². The third-order valence-corrected chi connectivity index (χ3v) is 3.27. The molecule has 2 aromatic carbocycles. The molecule has 0 aliphatic carbocycles. The Kier molecular flexibility index (Phi) is 3.95. The molecule has 1 amide bonds. The average molecular weight is 293 g/mol. The molecular weight excluding hydrogens is 279 g/mol. The Balaban J connectivity index is 2.32. The molecule has 0 radical (unpaired) electrons. The van der Waals surface area contributed by atoms with Crippen molar-refractivity contribution in [2.24, 2.45) is 0 Å². The largest absolute Gasteiger partial charge is 0.398 e. The van der Waals surface area contributed by atoms with Crippen molar-refractivity contribution in [2.75, 3.05) is 11.1 Å². The van der Waals surface area contributed by atoms with Crippen LogP contribution in [0.15, 0.2) is 30.3 Å². The van der Waals surface area contributed by atoms with E-state index in [0.717, 1.165) is 17.2 Å². The zero-order valence-corrected chi connectivity index (χ0v) is 11.9. The van der Waals surface area contributed by atoms with Crippen LogP contribution < -0.4 is 11.1 Å². The van der Waals surface area contributed by atoms with Crippen LogP contribution in [0.1, 0.15) is 21.5 Å². The molecule has 3 nitrogen and oxygen atoms in total. The minimum absolute atomic E-state index is 0.101. The molecule has 2 rings (SSSR count). The van der Waals surface area contributed by atoms with Gasteiger partial charge in [-0.3, -0.25) is 4.79 Å². The molecule has 0 spiro atoms. The monoisotopic (exact) mass is 292 g/mol. The van der Waals surface area contributed by atoms with Gasteiger partial charge >= 0.3 is 0 Å². The van der Waals surface area contributed by atoms with E-state index in [-0.39, 0.29) is 5.56 Å². The van der Waals surface area contributed by atoms with Crippen LogP contribution in [-0.2, 0) is 0 Å². The van der Waals surface area contributed by atoms with Crippen LogP contribution in [0.2, 0.25) is 5.02 Å². The maximum Gasteiger partial charge on any atom is 0.258 e. The molecule has 0 atom stereocenters. The Morgan fingerprint density at radius 2 is 1.90 bits per heavy atom. The Morgan fingerprint density at radius 1 is 1.20 bits per heavy atom. The summed E-state index contributed by atoms with van der Waals surface area (Å²) in [5.74, 6) is -1.18. The molecule has 2 aromatic rings. The number of anilines is 2. The van der Waals surface area contributed by atoms with E-state index in [4.69, 9.17) is 17.3 Å². The van der Waals surface area contributed by atoms with Crippen molar-refractivity contribution in [1.82, 2.24) is 0 Å². The smallest absolute Gasteiger partial charge is 0.258 e. The van der Waals surface area contributed by atoms with Gasteiger partial charge in [0.1, 0.15) is 5.82 Å². The van der Waals surface area contributed by atoms with E-state index in [0.29, 0.717) is 16.4 Å². The number of aryl methyl sites for hydroxylation is 2. The van der Waals surface area contributed by atoms with Gasteiger partial charge in [-0.05, 0) is 49.2 Å². The summed E-state index contributed by atoms with van der Waals surface area (Å²) in [6.45, 7) is 3.72. The fourth-order valence-electron chi connectivity index (χ4n) is 1.86. The number of carbonyl (C=O) groups excluding carboxylic acids is 1. The van der Waals surface area contributed by atoms with Gasteiger partial charge in [-0.2, -0.15) is 0 Å². The third-order valence-electron chi connectivity index (χ3n) is 3.03. The average Bonchev–Trinajstić information content (AvgIpc) is 2.38. The Bertz CT molecular complexity index is 686. The lowest BCUT2D eigenvalue weighted by Crippen LogP contribution is -2.15. The zero-order valence-electron chi connectivity index (χ0n) is 11.1. The van der Waals surface area contributed by atoms with E-state index < -0.39 is 11.7 Å². The molecule has 0 aromatic heterocycles. The van der Waals surface area contributed by atoms with Crippen molar-refractivity contribution < 1.29 is 9.18 Å². The first-order valence-electron chi connectivity index (χ1n) is 6.01. The van der Waals surface area contributed by atoms with Crippen LogP contribution in [-0.4, -0.2) is 5.91 Å². The number of nitrogens with one attached hydrogen (secondary N) is 1. The van der Waals surface area contributed by atoms with Crippen molar-refractivity contribution in [2.45, 2.75) is 13.8 Å². The van der Waals surface area contributed by atoms with Crippen molar-refractivity contribution in [3.05, 3.63) is 57.9 Å². The summed E-state index contributed by atoms with van der Waals surface area (Å²) in [7, 11) is 0. The summed E-state index contributed by atoms with van der Waals surface area (Å²) in [6.07, 6.45) is 0. The standard InChI is InChI=1S/C15H14ClFN2O/c1-8-5-9(2)14(7-13(8)18)19-15(20)11-6-10(16)3-4-12(11)17/h3-7H,18H2,1-2H3,(H,19,20). The highest BCUT2D eigenvalue weighted by atomic mass is 35.5. The predicted molar refractivity (Wildman–Crippen MR) is 79.7 cm³/mol. The van der Waals surface area contributed by atoms with Gasteiger partial charge in [-0.25, -0.2) is 4.39 Å². The first-order chi connectivity index (χ1) is 9.38. The number of carbonyl (C=O) groups is 1. The van der Waals surface area contributed by atoms with Gasteiger partial charge in [-0.15, -0.1) is 0 Å². The number of hydrogen-bond donors (Lipinski definition) is 2. The Morgan fingerprint density at radius 3 is 2.60 bits per heavy atom. The van der Waals surface area contributed by atoms with E-state index in [9.17, 15) is 9.18 Å². The Hall–Kier alpha value is -2.07. The molecular formula is C15H14ClFN2O. The van der Waals surface area contributed by atoms with Crippen LogP contribution in [0.4, 0.5) is 15.8 Å². The molecule has 3 N–H and O–H groups in total. The summed E-state index contributed by atoms with van der Waals surface area (Å²) < 4.78 is 13.6. The molecule has 5 heteroatoms. The Labute approximate surface area is 121 Å². The lowest BCUT2D eigenvalue weighted by molar-refractivity contribution is 0.102. The predicted octanol–water partition coefficient (Wildman–Crippen LogP) is 3.93. The van der Waals surface area contributed by atoms with Crippen LogP contribution >= 0.6 is 11.6 Å². The zero-order chi connectivity index (χ0) is 14.9. The van der Waals surface area contributed by atoms with E-state index in [1.165, 1.54) is 12.1 Å². The maximum atomic E-state index is 13.6. The molecule has 0 heterocycles. The van der Waals surface area contributed by atoms with Crippen LogP contribution in [0.3, 0.4) is 0 Å². The molecule has 0 aliphatic rings. The highest BCUT2D eigenvalue weighted by molar-refractivity contribution is 6.31. The molecule has 104 valence electrons. The van der Waals surface area contributed by atoms with Gasteiger partial charge in [0.05, 0.1) is 5.56 Å². The summed E-state index contributed by atoms with van der Waals surface area (Å²) in [6, 6.07) is 7.36. The van der Waals surface area contributed by atoms with Crippen molar-refractivity contribution in [3.63, 3.8) is 0 Å². The van der Waals surface area contributed by atoms with Crippen LogP contribution in [0.5, 0.6) is 0 Å². The number of rotatable bonds is 2. The fraction of sp³-hybridized carbons (Fsp3) is 0.133. The second-order valence-electron chi connectivity index (χ2n) is 4.60. The molecule has 0 fully saturated rings. The van der Waals surface area contributed by atoms with Gasteiger partial charge < -0.3 is 11.1 Å². The lowest BCUT2D eigenvalue weighted by Gasteiger charge is -2.11. The van der Waals surface area contributed by atoms with Gasteiger partial charge in [0.2, 0.25) is 0 Å². The summed E-state index contributed by atoms with van der Waals surface area (Å²) in [5, 5.41) is 2.95. The molecule has 0 unspecified atom stereocenters. The maximum absolute atomic E-state index is 13.6. The molecule has 0 saturated carbocycles. The van der Waals surface area contributed by atoms with E-state index >= 15 is 0 Å². The third kappa shape index (κ3) is 2.91. The number of nitrogen functional groups attached to an aromatic ring is 1. The number of nitrogens with two attached hydrogens (primary N) is 1. The van der Waals surface area contributed by atoms with Gasteiger partial charge in [-0.1, -0.05) is 17.7 Å². The molecule has 20 heavy (non-hydrogen) atoms. The number of benzene rings is 2. The topological polar surface area (TPSA) is 55.1 Å². The number of hydrogen-bond acceptors (Lipinski definition) is 2. The highest BCUT2D eigenvalue weighted by Crippen LogP contribution is 2.23. The summed E-state index contributed by atoms with van der Waals surface area (Å²) >= 11 is 5.77. The van der Waals surface area contributed by atoms with Gasteiger partial charge in [0, 0.05) is 16.4 Å². The molecule has 0 saturated heterocycles.